The second-order valence-corrected chi connectivity index (χ2v) is 5.92. The van der Waals surface area contributed by atoms with Crippen LogP contribution in [0.15, 0.2) is 73.2 Å². The SMILES string of the molecule is Fc1cc(Oc2cccnc2)cc(-n2nnc(-c3cccc4ccnn34)n2)c1. The molecule has 0 spiro atoms. The predicted octanol–water partition coefficient (Wildman–Crippen LogP) is 3.30. The molecule has 0 atom stereocenters. The lowest BCUT2D eigenvalue weighted by molar-refractivity contribution is 0.473. The fourth-order valence-electron chi connectivity index (χ4n) is 2.81. The highest BCUT2D eigenvalue weighted by Gasteiger charge is 2.13. The molecule has 0 aliphatic rings. The van der Waals surface area contributed by atoms with E-state index in [1.165, 1.54) is 16.9 Å². The molecule has 0 radical (unpaired) electrons. The molecule has 0 bridgehead atoms. The molecule has 0 saturated heterocycles. The first kappa shape index (κ1) is 16.1. The number of hydrogen-bond donors (Lipinski definition) is 0. The van der Waals surface area contributed by atoms with Crippen LogP contribution in [0.5, 0.6) is 11.5 Å². The van der Waals surface area contributed by atoms with Gasteiger partial charge in [-0.3, -0.25) is 4.98 Å². The minimum atomic E-state index is -0.482. The number of benzene rings is 1. The molecule has 1 aromatic carbocycles. The van der Waals surface area contributed by atoms with Gasteiger partial charge in [-0.2, -0.15) is 5.10 Å². The van der Waals surface area contributed by atoms with Crippen LogP contribution in [-0.4, -0.2) is 34.8 Å². The van der Waals surface area contributed by atoms with E-state index in [4.69, 9.17) is 4.74 Å². The van der Waals surface area contributed by atoms with Crippen LogP contribution in [0, 0.1) is 5.82 Å². The van der Waals surface area contributed by atoms with Crippen LogP contribution >= 0.6 is 0 Å². The molecule has 136 valence electrons. The topological polar surface area (TPSA) is 83.0 Å². The Morgan fingerprint density at radius 3 is 2.79 bits per heavy atom. The highest BCUT2D eigenvalue weighted by atomic mass is 19.1. The molecule has 28 heavy (non-hydrogen) atoms. The van der Waals surface area contributed by atoms with Crippen LogP contribution < -0.4 is 4.74 Å². The van der Waals surface area contributed by atoms with E-state index in [1.807, 2.05) is 24.3 Å². The Labute approximate surface area is 157 Å². The second-order valence-electron chi connectivity index (χ2n) is 5.92. The zero-order valence-electron chi connectivity index (χ0n) is 14.3. The van der Waals surface area contributed by atoms with Crippen molar-refractivity contribution >= 4 is 5.52 Å². The van der Waals surface area contributed by atoms with Gasteiger partial charge in [-0.25, -0.2) is 8.91 Å². The normalized spacial score (nSPS) is 11.0. The lowest BCUT2D eigenvalue weighted by Gasteiger charge is -2.07. The van der Waals surface area contributed by atoms with Crippen molar-refractivity contribution in [3.8, 4) is 28.7 Å². The number of nitrogens with zero attached hydrogens (tertiary/aromatic N) is 7. The lowest BCUT2D eigenvalue weighted by Crippen LogP contribution is -2.01. The van der Waals surface area contributed by atoms with Gasteiger partial charge in [0.15, 0.2) is 0 Å². The average molecular weight is 373 g/mol. The minimum absolute atomic E-state index is 0.302. The van der Waals surface area contributed by atoms with E-state index in [0.717, 1.165) is 5.52 Å². The van der Waals surface area contributed by atoms with Crippen LogP contribution in [0.2, 0.25) is 0 Å². The number of tetrazole rings is 1. The molecule has 8 nitrogen and oxygen atoms in total. The zero-order chi connectivity index (χ0) is 18.9. The first-order valence-electron chi connectivity index (χ1n) is 8.38. The third-order valence-electron chi connectivity index (χ3n) is 4.02. The van der Waals surface area contributed by atoms with Crippen molar-refractivity contribution in [2.24, 2.45) is 0 Å². The molecule has 9 heteroatoms. The van der Waals surface area contributed by atoms with E-state index in [-0.39, 0.29) is 0 Å². The summed E-state index contributed by atoms with van der Waals surface area (Å²) in [5.74, 6) is 0.686. The standard InChI is InChI=1S/C19H12FN7O/c20-13-9-15(11-17(10-13)28-16-4-2-7-21-12-16)27-24-19(23-25-27)18-5-1-3-14-6-8-22-26(14)18/h1-12H. The van der Waals surface area contributed by atoms with E-state index in [1.54, 1.807) is 41.3 Å². The van der Waals surface area contributed by atoms with Gasteiger partial charge in [-0.05, 0) is 35.5 Å². The monoisotopic (exact) mass is 373 g/mol. The van der Waals surface area contributed by atoms with Gasteiger partial charge in [0, 0.05) is 24.4 Å². The fourth-order valence-corrected chi connectivity index (χ4v) is 2.81. The summed E-state index contributed by atoms with van der Waals surface area (Å²) in [6.07, 6.45) is 4.86. The van der Waals surface area contributed by atoms with Crippen molar-refractivity contribution in [2.45, 2.75) is 0 Å². The Morgan fingerprint density at radius 2 is 1.89 bits per heavy atom. The Morgan fingerprint density at radius 1 is 0.929 bits per heavy atom. The Balaban J connectivity index is 1.51. The minimum Gasteiger partial charge on any atom is -0.456 e. The van der Waals surface area contributed by atoms with E-state index in [2.05, 4.69) is 25.5 Å². The van der Waals surface area contributed by atoms with Gasteiger partial charge >= 0.3 is 0 Å². The quantitative estimate of drug-likeness (QED) is 0.481. The molecule has 0 fully saturated rings. The van der Waals surface area contributed by atoms with E-state index in [0.29, 0.717) is 28.7 Å². The summed E-state index contributed by atoms with van der Waals surface area (Å²) in [5.41, 5.74) is 1.97. The predicted molar refractivity (Wildman–Crippen MR) is 97.6 cm³/mol. The van der Waals surface area contributed by atoms with Crippen LogP contribution in [-0.2, 0) is 0 Å². The lowest BCUT2D eigenvalue weighted by atomic mass is 10.3. The molecule has 4 aromatic heterocycles. The Bertz CT molecular complexity index is 1270. The first-order valence-corrected chi connectivity index (χ1v) is 8.38. The summed E-state index contributed by atoms with van der Waals surface area (Å²) < 4.78 is 21.5. The van der Waals surface area contributed by atoms with Crippen LogP contribution in [0.4, 0.5) is 4.39 Å². The van der Waals surface area contributed by atoms with Gasteiger partial charge < -0.3 is 4.74 Å². The van der Waals surface area contributed by atoms with Crippen molar-refractivity contribution in [1.82, 2.24) is 34.8 Å². The highest BCUT2D eigenvalue weighted by molar-refractivity contribution is 5.58. The summed E-state index contributed by atoms with van der Waals surface area (Å²) >= 11 is 0. The summed E-state index contributed by atoms with van der Waals surface area (Å²) in [4.78, 5) is 5.22. The largest absolute Gasteiger partial charge is 0.456 e. The van der Waals surface area contributed by atoms with Gasteiger partial charge in [0.1, 0.15) is 23.0 Å². The van der Waals surface area contributed by atoms with E-state index >= 15 is 0 Å². The van der Waals surface area contributed by atoms with Gasteiger partial charge in [0.25, 0.3) is 0 Å². The number of aromatic nitrogens is 7. The van der Waals surface area contributed by atoms with Gasteiger partial charge in [-0.1, -0.05) is 6.07 Å². The summed E-state index contributed by atoms with van der Waals surface area (Å²) in [6, 6.07) is 15.2. The number of pyridine rings is 2. The first-order chi connectivity index (χ1) is 13.8. The fraction of sp³-hybridized carbons (Fsp3) is 0. The number of fused-ring (bicyclic) bond motifs is 1. The summed E-state index contributed by atoms with van der Waals surface area (Å²) in [6.45, 7) is 0. The molecule has 0 amide bonds. The van der Waals surface area contributed by atoms with Crippen LogP contribution in [0.3, 0.4) is 0 Å². The van der Waals surface area contributed by atoms with E-state index < -0.39 is 5.82 Å². The molecule has 0 saturated carbocycles. The molecule has 4 heterocycles. The van der Waals surface area contributed by atoms with Gasteiger partial charge in [0.05, 0.1) is 23.6 Å². The summed E-state index contributed by atoms with van der Waals surface area (Å²) in [7, 11) is 0. The Hall–Kier alpha value is -4.14. The van der Waals surface area contributed by atoms with Crippen molar-refractivity contribution < 1.29 is 9.13 Å². The number of rotatable bonds is 4. The smallest absolute Gasteiger partial charge is 0.223 e. The highest BCUT2D eigenvalue weighted by Crippen LogP contribution is 2.24. The van der Waals surface area contributed by atoms with Crippen molar-refractivity contribution in [3.63, 3.8) is 0 Å². The molecule has 0 aliphatic carbocycles. The maximum atomic E-state index is 14.1. The van der Waals surface area contributed by atoms with Gasteiger partial charge in [-0.15, -0.1) is 15.0 Å². The van der Waals surface area contributed by atoms with Crippen molar-refractivity contribution in [2.75, 3.05) is 0 Å². The zero-order valence-corrected chi connectivity index (χ0v) is 14.3. The third kappa shape index (κ3) is 2.94. The van der Waals surface area contributed by atoms with Crippen molar-refractivity contribution in [3.05, 3.63) is 79.0 Å². The van der Waals surface area contributed by atoms with Crippen LogP contribution in [0.1, 0.15) is 0 Å². The van der Waals surface area contributed by atoms with E-state index in [9.17, 15) is 4.39 Å². The number of halogens is 1. The number of ether oxygens (including phenoxy) is 1. The second kappa shape index (κ2) is 6.54. The average Bonchev–Trinajstić information content (AvgIpc) is 3.38. The molecule has 0 aliphatic heterocycles. The third-order valence-corrected chi connectivity index (χ3v) is 4.02. The Kier molecular flexibility index (Phi) is 3.75. The summed E-state index contributed by atoms with van der Waals surface area (Å²) in [5, 5.41) is 16.8. The molecular formula is C19H12FN7O. The maximum Gasteiger partial charge on any atom is 0.223 e. The molecular weight excluding hydrogens is 361 g/mol. The number of hydrogen-bond acceptors (Lipinski definition) is 6. The molecule has 5 rings (SSSR count). The van der Waals surface area contributed by atoms with Gasteiger partial charge in [0.2, 0.25) is 5.82 Å². The molecule has 0 unspecified atom stereocenters. The van der Waals surface area contributed by atoms with Crippen LogP contribution in [0.25, 0.3) is 22.7 Å². The van der Waals surface area contributed by atoms with Crippen molar-refractivity contribution in [1.29, 1.82) is 0 Å². The maximum absolute atomic E-state index is 14.1. The molecule has 0 N–H and O–H groups in total. The molecule has 5 aromatic rings.